The van der Waals surface area contributed by atoms with Crippen LogP contribution in [0.1, 0.15) is 41.5 Å². The maximum Gasteiger partial charge on any atom is 0.148 e. The van der Waals surface area contributed by atoms with Crippen molar-refractivity contribution in [3.05, 3.63) is 0 Å². The van der Waals surface area contributed by atoms with Crippen LogP contribution < -0.4 is 0 Å². The molecular formula is C9H20O2. The SMILES string of the molecule is CC(C)(C)OCOC(C)(C)C. The standard InChI is InChI=1S/C9H20O2/c1-8(2,3)10-7-11-9(4,5)6/h7H2,1-6H3. The minimum Gasteiger partial charge on any atom is -0.350 e. The van der Waals surface area contributed by atoms with Gasteiger partial charge in [-0.25, -0.2) is 0 Å². The normalized spacial score (nSPS) is 13.6. The maximum atomic E-state index is 5.38. The van der Waals surface area contributed by atoms with Crippen molar-refractivity contribution >= 4 is 0 Å². The first-order valence-electron chi connectivity index (χ1n) is 3.99. The highest BCUT2D eigenvalue weighted by atomic mass is 16.7. The molecule has 0 aromatic rings. The molecule has 0 unspecified atom stereocenters. The Balaban J connectivity index is 3.44. The average molecular weight is 160 g/mol. The summed E-state index contributed by atoms with van der Waals surface area (Å²) >= 11 is 0. The highest BCUT2D eigenvalue weighted by Gasteiger charge is 2.14. The topological polar surface area (TPSA) is 18.5 Å². The zero-order chi connectivity index (χ0) is 9.12. The molecule has 0 aliphatic heterocycles. The summed E-state index contributed by atoms with van der Waals surface area (Å²) in [6.07, 6.45) is 0. The van der Waals surface area contributed by atoms with Crippen molar-refractivity contribution < 1.29 is 9.47 Å². The van der Waals surface area contributed by atoms with Gasteiger partial charge in [0.25, 0.3) is 0 Å². The molecule has 68 valence electrons. The van der Waals surface area contributed by atoms with Crippen molar-refractivity contribution in [3.8, 4) is 0 Å². The Morgan fingerprint density at radius 1 is 0.727 bits per heavy atom. The van der Waals surface area contributed by atoms with Gasteiger partial charge in [0.1, 0.15) is 6.79 Å². The van der Waals surface area contributed by atoms with E-state index in [0.29, 0.717) is 6.79 Å². The van der Waals surface area contributed by atoms with Crippen LogP contribution in [0.3, 0.4) is 0 Å². The molecule has 0 rings (SSSR count). The second-order valence-corrected chi connectivity index (χ2v) is 4.63. The Hall–Kier alpha value is -0.0800. The summed E-state index contributed by atoms with van der Waals surface area (Å²) in [6, 6.07) is 0. The average Bonchev–Trinajstić information content (AvgIpc) is 1.55. The van der Waals surface area contributed by atoms with E-state index < -0.39 is 0 Å². The molecule has 0 aliphatic rings. The van der Waals surface area contributed by atoms with Crippen LogP contribution in [-0.2, 0) is 9.47 Å². The molecule has 0 spiro atoms. The molecule has 0 aromatic carbocycles. The van der Waals surface area contributed by atoms with Crippen LogP contribution in [0.2, 0.25) is 0 Å². The summed E-state index contributed by atoms with van der Waals surface area (Å²) in [5, 5.41) is 0. The van der Waals surface area contributed by atoms with E-state index in [1.54, 1.807) is 0 Å². The van der Waals surface area contributed by atoms with E-state index in [4.69, 9.17) is 9.47 Å². The van der Waals surface area contributed by atoms with E-state index in [0.717, 1.165) is 0 Å². The van der Waals surface area contributed by atoms with Crippen molar-refractivity contribution in [2.24, 2.45) is 0 Å². The first kappa shape index (κ1) is 10.9. The highest BCUT2D eigenvalue weighted by molar-refractivity contribution is 4.59. The Labute approximate surface area is 69.9 Å². The summed E-state index contributed by atoms with van der Waals surface area (Å²) in [7, 11) is 0. The minimum atomic E-state index is -0.106. The fourth-order valence-electron chi connectivity index (χ4n) is 0.383. The zero-order valence-electron chi connectivity index (χ0n) is 8.52. The molecule has 0 amide bonds. The smallest absolute Gasteiger partial charge is 0.148 e. The van der Waals surface area contributed by atoms with E-state index in [1.165, 1.54) is 0 Å². The van der Waals surface area contributed by atoms with Crippen LogP contribution in [-0.4, -0.2) is 18.0 Å². The Bertz CT molecular complexity index is 91.7. The molecule has 0 heterocycles. The molecule has 0 atom stereocenters. The third kappa shape index (κ3) is 9.92. The second-order valence-electron chi connectivity index (χ2n) is 4.63. The number of hydrogen-bond acceptors (Lipinski definition) is 2. The quantitative estimate of drug-likeness (QED) is 0.578. The van der Waals surface area contributed by atoms with Crippen LogP contribution in [0.15, 0.2) is 0 Å². The molecule has 0 saturated carbocycles. The minimum absolute atomic E-state index is 0.106. The summed E-state index contributed by atoms with van der Waals surface area (Å²) in [4.78, 5) is 0. The third-order valence-corrected chi connectivity index (χ3v) is 0.984. The van der Waals surface area contributed by atoms with Crippen molar-refractivity contribution in [1.29, 1.82) is 0 Å². The molecule has 0 N–H and O–H groups in total. The van der Waals surface area contributed by atoms with Crippen molar-refractivity contribution in [3.63, 3.8) is 0 Å². The molecule has 2 nitrogen and oxygen atoms in total. The van der Waals surface area contributed by atoms with Gasteiger partial charge in [-0.2, -0.15) is 0 Å². The summed E-state index contributed by atoms with van der Waals surface area (Å²) in [6.45, 7) is 12.4. The predicted molar refractivity (Wildman–Crippen MR) is 46.5 cm³/mol. The van der Waals surface area contributed by atoms with E-state index in [1.807, 2.05) is 41.5 Å². The van der Waals surface area contributed by atoms with Gasteiger partial charge in [0, 0.05) is 0 Å². The lowest BCUT2D eigenvalue weighted by Gasteiger charge is -2.24. The van der Waals surface area contributed by atoms with Gasteiger partial charge >= 0.3 is 0 Å². The molecule has 0 aromatic heterocycles. The van der Waals surface area contributed by atoms with Crippen LogP contribution >= 0.6 is 0 Å². The lowest BCUT2D eigenvalue weighted by Crippen LogP contribution is -2.26. The largest absolute Gasteiger partial charge is 0.350 e. The molecule has 0 bridgehead atoms. The number of hydrogen-bond donors (Lipinski definition) is 0. The van der Waals surface area contributed by atoms with Crippen molar-refractivity contribution in [2.45, 2.75) is 52.7 Å². The summed E-state index contributed by atoms with van der Waals surface area (Å²) in [5.41, 5.74) is -0.212. The monoisotopic (exact) mass is 160 g/mol. The van der Waals surface area contributed by atoms with Gasteiger partial charge in [-0.1, -0.05) is 0 Å². The lowest BCUT2D eigenvalue weighted by molar-refractivity contribution is -0.163. The van der Waals surface area contributed by atoms with Gasteiger partial charge < -0.3 is 9.47 Å². The van der Waals surface area contributed by atoms with E-state index in [2.05, 4.69) is 0 Å². The summed E-state index contributed by atoms with van der Waals surface area (Å²) in [5.74, 6) is 0. The van der Waals surface area contributed by atoms with Crippen molar-refractivity contribution in [2.75, 3.05) is 6.79 Å². The van der Waals surface area contributed by atoms with E-state index in [-0.39, 0.29) is 11.2 Å². The molecule has 0 saturated heterocycles. The van der Waals surface area contributed by atoms with Crippen LogP contribution in [0.4, 0.5) is 0 Å². The summed E-state index contributed by atoms with van der Waals surface area (Å²) < 4.78 is 10.8. The molecular weight excluding hydrogens is 140 g/mol. The van der Waals surface area contributed by atoms with E-state index in [9.17, 15) is 0 Å². The van der Waals surface area contributed by atoms with E-state index >= 15 is 0 Å². The number of rotatable bonds is 2. The van der Waals surface area contributed by atoms with Gasteiger partial charge in [0.2, 0.25) is 0 Å². The van der Waals surface area contributed by atoms with Gasteiger partial charge in [-0.3, -0.25) is 0 Å². The first-order chi connectivity index (χ1) is 4.71. The van der Waals surface area contributed by atoms with Gasteiger partial charge in [-0.15, -0.1) is 0 Å². The Kier molecular flexibility index (Phi) is 3.52. The fourth-order valence-corrected chi connectivity index (χ4v) is 0.383. The first-order valence-corrected chi connectivity index (χ1v) is 3.99. The van der Waals surface area contributed by atoms with Gasteiger partial charge in [0.05, 0.1) is 11.2 Å². The molecule has 0 fully saturated rings. The third-order valence-electron chi connectivity index (χ3n) is 0.984. The molecule has 11 heavy (non-hydrogen) atoms. The molecule has 2 heteroatoms. The lowest BCUT2D eigenvalue weighted by atomic mass is 10.2. The molecule has 0 aliphatic carbocycles. The molecule has 0 radical (unpaired) electrons. The maximum absolute atomic E-state index is 5.38. The predicted octanol–water partition coefficient (Wildman–Crippen LogP) is 2.57. The van der Waals surface area contributed by atoms with Crippen molar-refractivity contribution in [1.82, 2.24) is 0 Å². The Morgan fingerprint density at radius 3 is 1.18 bits per heavy atom. The van der Waals surface area contributed by atoms with Crippen LogP contribution in [0, 0.1) is 0 Å². The van der Waals surface area contributed by atoms with Crippen LogP contribution in [0.25, 0.3) is 0 Å². The Morgan fingerprint density at radius 2 is 1.00 bits per heavy atom. The van der Waals surface area contributed by atoms with Gasteiger partial charge in [0.15, 0.2) is 0 Å². The number of ether oxygens (including phenoxy) is 2. The zero-order valence-corrected chi connectivity index (χ0v) is 8.52. The van der Waals surface area contributed by atoms with Crippen LogP contribution in [0.5, 0.6) is 0 Å². The highest BCUT2D eigenvalue weighted by Crippen LogP contribution is 2.11. The second kappa shape index (κ2) is 3.55. The van der Waals surface area contributed by atoms with Gasteiger partial charge in [-0.05, 0) is 41.5 Å². The fraction of sp³-hybridized carbons (Fsp3) is 1.00.